The number of hydrogen-bond donors (Lipinski definition) is 1. The Bertz CT molecular complexity index is 273. The minimum Gasteiger partial charge on any atom is -0.381 e. The van der Waals surface area contributed by atoms with E-state index in [-0.39, 0.29) is 0 Å². The molecule has 1 aliphatic carbocycles. The molecule has 1 heteroatoms. The average molecular weight is 178 g/mol. The summed E-state index contributed by atoms with van der Waals surface area (Å²) in [5.74, 6) is 0. The predicted octanol–water partition coefficient (Wildman–Crippen LogP) is 2.98. The quantitative estimate of drug-likeness (QED) is 0.644. The number of aliphatic hydroxyl groups is 1. The summed E-state index contributed by atoms with van der Waals surface area (Å²) in [7, 11) is 0. The lowest BCUT2D eigenvalue weighted by molar-refractivity contribution is 0.111. The highest BCUT2D eigenvalue weighted by molar-refractivity contribution is 5.35. The molecule has 0 heterocycles. The van der Waals surface area contributed by atoms with Crippen LogP contribution in [-0.4, -0.2) is 10.7 Å². The summed E-state index contributed by atoms with van der Waals surface area (Å²) < 4.78 is 0. The van der Waals surface area contributed by atoms with Crippen molar-refractivity contribution in [2.75, 3.05) is 0 Å². The zero-order chi connectivity index (χ0) is 10.1. The molecule has 1 nitrogen and oxygen atoms in total. The van der Waals surface area contributed by atoms with Crippen molar-refractivity contribution in [3.63, 3.8) is 0 Å². The van der Waals surface area contributed by atoms with Gasteiger partial charge in [-0.3, -0.25) is 0 Å². The molecule has 0 aliphatic heterocycles. The lowest BCUT2D eigenvalue weighted by Gasteiger charge is -2.30. The van der Waals surface area contributed by atoms with E-state index >= 15 is 0 Å². The summed E-state index contributed by atoms with van der Waals surface area (Å²) in [5, 5.41) is 10.2. The van der Waals surface area contributed by atoms with Gasteiger partial charge in [-0.15, -0.1) is 0 Å². The van der Waals surface area contributed by atoms with Gasteiger partial charge in [-0.1, -0.05) is 18.7 Å². The molecule has 0 aromatic heterocycles. The first kappa shape index (κ1) is 10.3. The van der Waals surface area contributed by atoms with E-state index in [1.54, 1.807) is 0 Å². The Kier molecular flexibility index (Phi) is 2.77. The minimum atomic E-state index is -0.785. The Balaban J connectivity index is 2.97. The van der Waals surface area contributed by atoms with E-state index in [1.807, 2.05) is 19.9 Å². The highest BCUT2D eigenvalue weighted by Crippen LogP contribution is 2.33. The molecule has 0 aromatic carbocycles. The summed E-state index contributed by atoms with van der Waals surface area (Å²) in [5.41, 5.74) is 2.27. The van der Waals surface area contributed by atoms with Crippen molar-refractivity contribution in [2.45, 2.75) is 38.7 Å². The van der Waals surface area contributed by atoms with Gasteiger partial charge in [0.05, 0.1) is 0 Å². The molecule has 1 unspecified atom stereocenters. The van der Waals surface area contributed by atoms with E-state index in [4.69, 9.17) is 0 Å². The molecule has 72 valence electrons. The van der Waals surface area contributed by atoms with Crippen LogP contribution in [0.2, 0.25) is 0 Å². The lowest BCUT2D eigenvalue weighted by atomic mass is 9.81. The summed E-state index contributed by atoms with van der Waals surface area (Å²) in [6.07, 6.45) is 4.76. The van der Waals surface area contributed by atoms with E-state index in [1.165, 1.54) is 5.57 Å². The molecule has 0 saturated heterocycles. The zero-order valence-corrected chi connectivity index (χ0v) is 8.56. The van der Waals surface area contributed by atoms with Crippen LogP contribution in [0.3, 0.4) is 0 Å². The summed E-state index contributed by atoms with van der Waals surface area (Å²) in [4.78, 5) is 0. The van der Waals surface area contributed by atoms with E-state index in [0.29, 0.717) is 0 Å². The van der Waals surface area contributed by atoms with Crippen LogP contribution in [0, 0.1) is 0 Å². The fourth-order valence-electron chi connectivity index (χ4n) is 1.65. The lowest BCUT2D eigenvalue weighted by Crippen LogP contribution is -2.30. The van der Waals surface area contributed by atoms with Crippen molar-refractivity contribution in [3.05, 3.63) is 36.0 Å². The molecule has 0 saturated carbocycles. The SMILES string of the molecule is C=C(C)C1=CC(O)(C(=C)C)CCC1. The Labute approximate surface area is 80.5 Å². The van der Waals surface area contributed by atoms with Crippen LogP contribution in [0.4, 0.5) is 0 Å². The highest BCUT2D eigenvalue weighted by atomic mass is 16.3. The van der Waals surface area contributed by atoms with Gasteiger partial charge in [0.1, 0.15) is 5.60 Å². The third-order valence-corrected chi connectivity index (χ3v) is 2.70. The smallest absolute Gasteiger partial charge is 0.104 e. The second-order valence-electron chi connectivity index (χ2n) is 4.01. The standard InChI is InChI=1S/C12H18O/c1-9(2)11-6-5-7-12(13,8-11)10(3)4/h8,13H,1,3,5-7H2,2,4H3. The first-order chi connectivity index (χ1) is 5.96. The monoisotopic (exact) mass is 178 g/mol. The Morgan fingerprint density at radius 1 is 1.46 bits per heavy atom. The number of allylic oxidation sites excluding steroid dienone is 2. The normalized spacial score (nSPS) is 28.1. The second-order valence-corrected chi connectivity index (χ2v) is 4.01. The minimum absolute atomic E-state index is 0.785. The molecule has 1 rings (SSSR count). The van der Waals surface area contributed by atoms with Crippen LogP contribution < -0.4 is 0 Å². The molecule has 13 heavy (non-hydrogen) atoms. The predicted molar refractivity (Wildman–Crippen MR) is 56.5 cm³/mol. The molecule has 0 bridgehead atoms. The van der Waals surface area contributed by atoms with Crippen LogP contribution in [0.1, 0.15) is 33.1 Å². The van der Waals surface area contributed by atoms with Crippen LogP contribution in [0.5, 0.6) is 0 Å². The summed E-state index contributed by atoms with van der Waals surface area (Å²) in [6.45, 7) is 11.6. The maximum Gasteiger partial charge on any atom is 0.104 e. The second kappa shape index (κ2) is 3.51. The van der Waals surface area contributed by atoms with E-state index in [9.17, 15) is 5.11 Å². The van der Waals surface area contributed by atoms with E-state index < -0.39 is 5.60 Å². The van der Waals surface area contributed by atoms with Crippen molar-refractivity contribution in [2.24, 2.45) is 0 Å². The van der Waals surface area contributed by atoms with Crippen LogP contribution in [0.15, 0.2) is 36.0 Å². The van der Waals surface area contributed by atoms with Crippen molar-refractivity contribution >= 4 is 0 Å². The molecule has 0 aromatic rings. The average Bonchev–Trinajstić information content (AvgIpc) is 2.04. The summed E-state index contributed by atoms with van der Waals surface area (Å²) in [6, 6.07) is 0. The van der Waals surface area contributed by atoms with Gasteiger partial charge in [-0.05, 0) is 50.3 Å². The van der Waals surface area contributed by atoms with Gasteiger partial charge in [0.15, 0.2) is 0 Å². The van der Waals surface area contributed by atoms with Gasteiger partial charge in [-0.2, -0.15) is 0 Å². The van der Waals surface area contributed by atoms with Gasteiger partial charge in [-0.25, -0.2) is 0 Å². The van der Waals surface area contributed by atoms with Crippen molar-refractivity contribution < 1.29 is 5.11 Å². The van der Waals surface area contributed by atoms with Gasteiger partial charge in [0.2, 0.25) is 0 Å². The van der Waals surface area contributed by atoms with Crippen LogP contribution in [-0.2, 0) is 0 Å². The maximum absolute atomic E-state index is 10.2. The molecule has 1 N–H and O–H groups in total. The highest BCUT2D eigenvalue weighted by Gasteiger charge is 2.28. The molecule has 0 spiro atoms. The van der Waals surface area contributed by atoms with Crippen molar-refractivity contribution in [3.8, 4) is 0 Å². The number of rotatable bonds is 2. The third-order valence-electron chi connectivity index (χ3n) is 2.70. The first-order valence-electron chi connectivity index (χ1n) is 4.72. The Morgan fingerprint density at radius 3 is 2.54 bits per heavy atom. The molecule has 0 amide bonds. The Hall–Kier alpha value is -0.820. The van der Waals surface area contributed by atoms with Gasteiger partial charge < -0.3 is 5.11 Å². The molecule has 1 atom stereocenters. The number of hydrogen-bond acceptors (Lipinski definition) is 1. The Morgan fingerprint density at radius 2 is 2.08 bits per heavy atom. The fourth-order valence-corrected chi connectivity index (χ4v) is 1.65. The third kappa shape index (κ3) is 2.10. The molecular formula is C12H18O. The largest absolute Gasteiger partial charge is 0.381 e. The molecule has 0 fully saturated rings. The van der Waals surface area contributed by atoms with Crippen LogP contribution in [0.25, 0.3) is 0 Å². The molecular weight excluding hydrogens is 160 g/mol. The fraction of sp³-hybridized carbons (Fsp3) is 0.500. The van der Waals surface area contributed by atoms with Crippen molar-refractivity contribution in [1.29, 1.82) is 0 Å². The first-order valence-corrected chi connectivity index (χ1v) is 4.72. The zero-order valence-electron chi connectivity index (χ0n) is 8.56. The van der Waals surface area contributed by atoms with Crippen LogP contribution >= 0.6 is 0 Å². The summed E-state index contributed by atoms with van der Waals surface area (Å²) >= 11 is 0. The van der Waals surface area contributed by atoms with Gasteiger partial charge in [0, 0.05) is 0 Å². The molecule has 0 radical (unpaired) electrons. The van der Waals surface area contributed by atoms with Gasteiger partial charge >= 0.3 is 0 Å². The van der Waals surface area contributed by atoms with E-state index in [2.05, 4.69) is 13.2 Å². The maximum atomic E-state index is 10.2. The van der Waals surface area contributed by atoms with E-state index in [0.717, 1.165) is 30.4 Å². The topological polar surface area (TPSA) is 20.2 Å². The van der Waals surface area contributed by atoms with Crippen molar-refractivity contribution in [1.82, 2.24) is 0 Å². The molecule has 1 aliphatic rings. The van der Waals surface area contributed by atoms with Gasteiger partial charge in [0.25, 0.3) is 0 Å².